The standard InChI is InChI=1S/C23H29F2N3O/c1-18-8-10-22(11-9-18)26-19(2)28(14-15-29)13-12-27(4)17-20-6-5-7-21(16-20)23(3,24)25/h5-11,15-16,26H,2,12-14,17H2,1,3-4H3. The van der Waals surface area contributed by atoms with Crippen LogP contribution in [0.3, 0.4) is 0 Å². The molecule has 0 aliphatic rings. The molecule has 29 heavy (non-hydrogen) atoms. The van der Waals surface area contributed by atoms with E-state index in [0.29, 0.717) is 25.5 Å². The maximum absolute atomic E-state index is 13.5. The summed E-state index contributed by atoms with van der Waals surface area (Å²) in [6.07, 6.45) is 0.842. The number of nitrogens with one attached hydrogen (secondary N) is 1. The Kier molecular flexibility index (Phi) is 7.91. The van der Waals surface area contributed by atoms with E-state index in [4.69, 9.17) is 0 Å². The SMILES string of the molecule is C=C(Nc1ccc(C)cc1)N(CC=O)CCN(C)Cc1cccc(C(C)(F)F)c1. The van der Waals surface area contributed by atoms with E-state index in [2.05, 4.69) is 11.9 Å². The predicted molar refractivity (Wildman–Crippen MR) is 114 cm³/mol. The van der Waals surface area contributed by atoms with Crippen LogP contribution in [0.1, 0.15) is 23.6 Å². The highest BCUT2D eigenvalue weighted by Crippen LogP contribution is 2.27. The average Bonchev–Trinajstić information content (AvgIpc) is 2.66. The van der Waals surface area contributed by atoms with Gasteiger partial charge in [0.05, 0.1) is 12.4 Å². The van der Waals surface area contributed by atoms with Crippen LogP contribution in [0.5, 0.6) is 0 Å². The van der Waals surface area contributed by atoms with Gasteiger partial charge in [0, 0.05) is 37.8 Å². The third-order valence-corrected chi connectivity index (χ3v) is 4.65. The molecular formula is C23H29F2N3O. The van der Waals surface area contributed by atoms with Gasteiger partial charge < -0.3 is 19.9 Å². The third-order valence-electron chi connectivity index (χ3n) is 4.65. The molecule has 2 aromatic rings. The Morgan fingerprint density at radius 1 is 1.17 bits per heavy atom. The van der Waals surface area contributed by atoms with Crippen molar-refractivity contribution in [3.63, 3.8) is 0 Å². The first-order chi connectivity index (χ1) is 13.7. The molecule has 0 spiro atoms. The van der Waals surface area contributed by atoms with Crippen LogP contribution in [-0.4, -0.2) is 42.8 Å². The van der Waals surface area contributed by atoms with Crippen LogP contribution < -0.4 is 5.32 Å². The summed E-state index contributed by atoms with van der Waals surface area (Å²) in [4.78, 5) is 15.0. The van der Waals surface area contributed by atoms with Gasteiger partial charge in [-0.1, -0.05) is 42.5 Å². The smallest absolute Gasteiger partial charge is 0.270 e. The summed E-state index contributed by atoms with van der Waals surface area (Å²) in [6, 6.07) is 14.4. The number of carbonyl (C=O) groups excluding carboxylic acids is 1. The number of benzene rings is 2. The first kappa shape index (κ1) is 22.6. The molecule has 2 rings (SSSR count). The van der Waals surface area contributed by atoms with Crippen LogP contribution >= 0.6 is 0 Å². The quantitative estimate of drug-likeness (QED) is 0.557. The number of likely N-dealkylation sites (N-methyl/N-ethyl adjacent to an activating group) is 1. The van der Waals surface area contributed by atoms with Gasteiger partial charge in [-0.15, -0.1) is 0 Å². The van der Waals surface area contributed by atoms with Gasteiger partial charge in [-0.25, -0.2) is 8.78 Å². The van der Waals surface area contributed by atoms with E-state index >= 15 is 0 Å². The van der Waals surface area contributed by atoms with Crippen molar-refractivity contribution in [1.29, 1.82) is 0 Å². The van der Waals surface area contributed by atoms with Crippen molar-refractivity contribution >= 4 is 12.0 Å². The number of carbonyl (C=O) groups is 1. The second-order valence-electron chi connectivity index (χ2n) is 7.38. The van der Waals surface area contributed by atoms with E-state index in [-0.39, 0.29) is 12.1 Å². The fourth-order valence-electron chi connectivity index (χ4n) is 2.93. The number of hydrogen-bond acceptors (Lipinski definition) is 4. The van der Waals surface area contributed by atoms with Crippen molar-refractivity contribution in [2.24, 2.45) is 0 Å². The molecule has 0 unspecified atom stereocenters. The Labute approximate surface area is 171 Å². The highest BCUT2D eigenvalue weighted by Gasteiger charge is 2.24. The summed E-state index contributed by atoms with van der Waals surface area (Å²) in [5.74, 6) is -2.21. The monoisotopic (exact) mass is 401 g/mol. The number of anilines is 1. The van der Waals surface area contributed by atoms with Gasteiger partial charge in [-0.2, -0.15) is 0 Å². The molecule has 0 saturated heterocycles. The normalized spacial score (nSPS) is 11.4. The molecule has 6 heteroatoms. The average molecular weight is 402 g/mol. The minimum absolute atomic E-state index is 0.0154. The molecule has 0 aliphatic heterocycles. The highest BCUT2D eigenvalue weighted by molar-refractivity contribution is 5.54. The van der Waals surface area contributed by atoms with Gasteiger partial charge in [0.25, 0.3) is 5.92 Å². The number of aldehydes is 1. The largest absolute Gasteiger partial charge is 0.350 e. The summed E-state index contributed by atoms with van der Waals surface area (Å²) in [6.45, 7) is 8.96. The topological polar surface area (TPSA) is 35.6 Å². The van der Waals surface area contributed by atoms with Crippen molar-refractivity contribution in [2.75, 3.05) is 32.0 Å². The van der Waals surface area contributed by atoms with Gasteiger partial charge in [-0.05, 0) is 37.7 Å². The second-order valence-corrected chi connectivity index (χ2v) is 7.38. The summed E-state index contributed by atoms with van der Waals surface area (Å²) in [7, 11) is 1.92. The molecule has 0 fully saturated rings. The molecule has 0 heterocycles. The van der Waals surface area contributed by atoms with Crippen molar-refractivity contribution in [3.05, 3.63) is 77.6 Å². The molecule has 0 saturated carbocycles. The van der Waals surface area contributed by atoms with Crippen LogP contribution in [0, 0.1) is 6.92 Å². The molecule has 0 aliphatic carbocycles. The van der Waals surface area contributed by atoms with Crippen LogP contribution in [0.4, 0.5) is 14.5 Å². The van der Waals surface area contributed by atoms with Gasteiger partial charge in [0.1, 0.15) is 6.29 Å². The van der Waals surface area contributed by atoms with Crippen LogP contribution in [0.15, 0.2) is 60.9 Å². The molecular weight excluding hydrogens is 372 g/mol. The molecule has 0 aromatic heterocycles. The highest BCUT2D eigenvalue weighted by atomic mass is 19.3. The van der Waals surface area contributed by atoms with Crippen molar-refractivity contribution < 1.29 is 13.6 Å². The Hall–Kier alpha value is -2.73. The molecule has 156 valence electrons. The van der Waals surface area contributed by atoms with Gasteiger partial charge in [0.2, 0.25) is 0 Å². The molecule has 4 nitrogen and oxygen atoms in total. The first-order valence-electron chi connectivity index (χ1n) is 9.56. The molecule has 0 atom stereocenters. The van der Waals surface area contributed by atoms with E-state index in [1.54, 1.807) is 6.07 Å². The number of alkyl halides is 2. The molecule has 0 bridgehead atoms. The first-order valence-corrected chi connectivity index (χ1v) is 9.56. The Bertz CT molecular complexity index is 816. The van der Waals surface area contributed by atoms with E-state index in [0.717, 1.165) is 30.0 Å². The zero-order valence-electron chi connectivity index (χ0n) is 17.3. The zero-order chi connectivity index (χ0) is 21.4. The second kappa shape index (κ2) is 10.2. The minimum atomic E-state index is -2.85. The van der Waals surface area contributed by atoms with E-state index in [9.17, 15) is 13.6 Å². The van der Waals surface area contributed by atoms with E-state index in [1.165, 1.54) is 12.1 Å². The number of hydrogen-bond donors (Lipinski definition) is 1. The van der Waals surface area contributed by atoms with E-state index in [1.807, 2.05) is 54.1 Å². The van der Waals surface area contributed by atoms with Crippen molar-refractivity contribution in [2.45, 2.75) is 26.3 Å². The van der Waals surface area contributed by atoms with E-state index < -0.39 is 5.92 Å². The maximum Gasteiger partial charge on any atom is 0.270 e. The fraction of sp³-hybridized carbons (Fsp3) is 0.348. The van der Waals surface area contributed by atoms with Crippen molar-refractivity contribution in [1.82, 2.24) is 9.80 Å². The van der Waals surface area contributed by atoms with Gasteiger partial charge in [-0.3, -0.25) is 0 Å². The molecule has 0 amide bonds. The summed E-state index contributed by atoms with van der Waals surface area (Å²) < 4.78 is 27.1. The van der Waals surface area contributed by atoms with Gasteiger partial charge >= 0.3 is 0 Å². The molecule has 2 aromatic carbocycles. The Morgan fingerprint density at radius 3 is 2.48 bits per heavy atom. The van der Waals surface area contributed by atoms with Crippen LogP contribution in [-0.2, 0) is 17.3 Å². The summed E-state index contributed by atoms with van der Waals surface area (Å²) >= 11 is 0. The number of rotatable bonds is 11. The lowest BCUT2D eigenvalue weighted by Gasteiger charge is -2.28. The lowest BCUT2D eigenvalue weighted by atomic mass is 10.1. The minimum Gasteiger partial charge on any atom is -0.350 e. The summed E-state index contributed by atoms with van der Waals surface area (Å²) in [5, 5.41) is 3.22. The Morgan fingerprint density at radius 2 is 1.86 bits per heavy atom. The predicted octanol–water partition coefficient (Wildman–Crippen LogP) is 4.62. The summed E-state index contributed by atoms with van der Waals surface area (Å²) in [5.41, 5.74) is 2.91. The molecule has 1 N–H and O–H groups in total. The lowest BCUT2D eigenvalue weighted by molar-refractivity contribution is -0.108. The Balaban J connectivity index is 1.92. The zero-order valence-corrected chi connectivity index (χ0v) is 17.3. The number of halogens is 2. The number of aryl methyl sites for hydroxylation is 1. The number of nitrogens with zero attached hydrogens (tertiary/aromatic N) is 2. The fourth-order valence-corrected chi connectivity index (χ4v) is 2.93. The van der Waals surface area contributed by atoms with Crippen molar-refractivity contribution in [3.8, 4) is 0 Å². The third kappa shape index (κ3) is 7.31. The maximum atomic E-state index is 13.5. The van der Waals surface area contributed by atoms with Gasteiger partial charge in [0.15, 0.2) is 0 Å². The van der Waals surface area contributed by atoms with Crippen LogP contribution in [0.25, 0.3) is 0 Å². The van der Waals surface area contributed by atoms with Crippen LogP contribution in [0.2, 0.25) is 0 Å². The lowest BCUT2D eigenvalue weighted by Crippen LogP contribution is -2.35. The molecule has 0 radical (unpaired) electrons.